The summed E-state index contributed by atoms with van der Waals surface area (Å²) in [5.74, 6) is 0.861. The van der Waals surface area contributed by atoms with Gasteiger partial charge in [0.1, 0.15) is 12.9 Å². The van der Waals surface area contributed by atoms with Crippen molar-refractivity contribution in [3.05, 3.63) is 29.3 Å². The molecule has 1 fully saturated rings. The Bertz CT molecular complexity index is 395. The summed E-state index contributed by atoms with van der Waals surface area (Å²) in [7, 11) is 1.57. The summed E-state index contributed by atoms with van der Waals surface area (Å²) in [6.07, 6.45) is 2.37. The molecule has 15 heavy (non-hydrogen) atoms. The lowest BCUT2D eigenvalue weighted by molar-refractivity contribution is 0.212. The van der Waals surface area contributed by atoms with Gasteiger partial charge in [-0.3, -0.25) is 0 Å². The molecule has 3 heteroatoms. The second-order valence-corrected chi connectivity index (χ2v) is 3.93. The standard InChI is InChI=1S/C12H15NO2/c1-8-7-10(5-6-11(8)14)12(13-15-2)9-3-4-9/h5-7,9,14H,3-4H2,1-2H3. The molecule has 2 rings (SSSR count). The minimum atomic E-state index is 0.325. The van der Waals surface area contributed by atoms with E-state index in [4.69, 9.17) is 4.84 Å². The molecule has 0 aromatic heterocycles. The van der Waals surface area contributed by atoms with Crippen LogP contribution < -0.4 is 0 Å². The van der Waals surface area contributed by atoms with Gasteiger partial charge >= 0.3 is 0 Å². The smallest absolute Gasteiger partial charge is 0.118 e. The van der Waals surface area contributed by atoms with Gasteiger partial charge in [0.05, 0.1) is 5.71 Å². The zero-order valence-electron chi connectivity index (χ0n) is 9.03. The molecule has 80 valence electrons. The predicted octanol–water partition coefficient (Wildman–Crippen LogP) is 2.46. The Balaban J connectivity index is 2.33. The van der Waals surface area contributed by atoms with E-state index < -0.39 is 0 Å². The van der Waals surface area contributed by atoms with Crippen molar-refractivity contribution < 1.29 is 9.94 Å². The third kappa shape index (κ3) is 2.12. The van der Waals surface area contributed by atoms with Crippen molar-refractivity contribution in [3.8, 4) is 5.75 Å². The molecule has 1 aromatic carbocycles. The lowest BCUT2D eigenvalue weighted by Gasteiger charge is -2.06. The number of aromatic hydroxyl groups is 1. The summed E-state index contributed by atoms with van der Waals surface area (Å²) in [5, 5.41) is 13.5. The van der Waals surface area contributed by atoms with Gasteiger partial charge in [-0.2, -0.15) is 0 Å². The first-order valence-corrected chi connectivity index (χ1v) is 5.13. The Kier molecular flexibility index (Phi) is 2.62. The van der Waals surface area contributed by atoms with Crippen LogP contribution in [0.1, 0.15) is 24.0 Å². The highest BCUT2D eigenvalue weighted by Crippen LogP contribution is 2.34. The topological polar surface area (TPSA) is 41.8 Å². The lowest BCUT2D eigenvalue weighted by Crippen LogP contribution is -2.04. The van der Waals surface area contributed by atoms with E-state index in [2.05, 4.69) is 5.16 Å². The molecule has 0 spiro atoms. The monoisotopic (exact) mass is 205 g/mol. The number of nitrogens with zero attached hydrogens (tertiary/aromatic N) is 1. The Labute approximate surface area is 89.4 Å². The van der Waals surface area contributed by atoms with Crippen LogP contribution >= 0.6 is 0 Å². The van der Waals surface area contributed by atoms with E-state index >= 15 is 0 Å². The summed E-state index contributed by atoms with van der Waals surface area (Å²) in [5.41, 5.74) is 2.92. The van der Waals surface area contributed by atoms with E-state index in [-0.39, 0.29) is 0 Å². The third-order valence-electron chi connectivity index (χ3n) is 2.65. The first-order chi connectivity index (χ1) is 7.22. The summed E-state index contributed by atoms with van der Waals surface area (Å²) in [4.78, 5) is 4.86. The van der Waals surface area contributed by atoms with Crippen molar-refractivity contribution in [1.29, 1.82) is 0 Å². The Morgan fingerprint density at radius 2 is 2.20 bits per heavy atom. The molecular weight excluding hydrogens is 190 g/mol. The van der Waals surface area contributed by atoms with Gasteiger partial charge in [0.25, 0.3) is 0 Å². The molecule has 0 unspecified atom stereocenters. The van der Waals surface area contributed by atoms with Crippen LogP contribution in [-0.4, -0.2) is 17.9 Å². The third-order valence-corrected chi connectivity index (χ3v) is 2.65. The molecule has 3 nitrogen and oxygen atoms in total. The Morgan fingerprint density at radius 3 is 2.73 bits per heavy atom. The number of phenolic OH excluding ortho intramolecular Hbond substituents is 1. The normalized spacial score (nSPS) is 16.5. The van der Waals surface area contributed by atoms with Gasteiger partial charge in [0.2, 0.25) is 0 Å². The largest absolute Gasteiger partial charge is 0.508 e. The minimum Gasteiger partial charge on any atom is -0.508 e. The SMILES string of the molecule is CON=C(c1ccc(O)c(C)c1)C1CC1. The van der Waals surface area contributed by atoms with Crippen LogP contribution in [0, 0.1) is 12.8 Å². The fourth-order valence-corrected chi connectivity index (χ4v) is 1.63. The number of benzene rings is 1. The van der Waals surface area contributed by atoms with Crippen molar-refractivity contribution in [2.24, 2.45) is 11.1 Å². The van der Waals surface area contributed by atoms with Gasteiger partial charge in [0.15, 0.2) is 0 Å². The van der Waals surface area contributed by atoms with Gasteiger partial charge in [0, 0.05) is 11.5 Å². The van der Waals surface area contributed by atoms with Gasteiger partial charge in [-0.1, -0.05) is 5.16 Å². The number of hydrogen-bond donors (Lipinski definition) is 1. The number of oxime groups is 1. The van der Waals surface area contributed by atoms with Gasteiger partial charge in [-0.15, -0.1) is 0 Å². The molecule has 1 aliphatic carbocycles. The Hall–Kier alpha value is -1.51. The maximum atomic E-state index is 9.44. The van der Waals surface area contributed by atoms with Crippen molar-refractivity contribution in [2.75, 3.05) is 7.11 Å². The quantitative estimate of drug-likeness (QED) is 0.608. The second-order valence-electron chi connectivity index (χ2n) is 3.93. The molecule has 1 saturated carbocycles. The molecular formula is C12H15NO2. The highest BCUT2D eigenvalue weighted by molar-refractivity contribution is 6.03. The summed E-state index contributed by atoms with van der Waals surface area (Å²) in [6, 6.07) is 5.54. The van der Waals surface area contributed by atoms with Gasteiger partial charge in [-0.25, -0.2) is 0 Å². The first kappa shape index (κ1) is 10.0. The first-order valence-electron chi connectivity index (χ1n) is 5.13. The lowest BCUT2D eigenvalue weighted by atomic mass is 10.0. The fourth-order valence-electron chi connectivity index (χ4n) is 1.63. The molecule has 0 atom stereocenters. The molecule has 1 N–H and O–H groups in total. The van der Waals surface area contributed by atoms with Crippen LogP contribution in [0.3, 0.4) is 0 Å². The highest BCUT2D eigenvalue weighted by Gasteiger charge is 2.29. The van der Waals surface area contributed by atoms with Crippen LogP contribution in [0.2, 0.25) is 0 Å². The molecule has 0 bridgehead atoms. The van der Waals surface area contributed by atoms with E-state index in [1.54, 1.807) is 13.2 Å². The average molecular weight is 205 g/mol. The van der Waals surface area contributed by atoms with E-state index in [0.29, 0.717) is 11.7 Å². The van der Waals surface area contributed by atoms with E-state index in [1.807, 2.05) is 19.1 Å². The highest BCUT2D eigenvalue weighted by atomic mass is 16.6. The van der Waals surface area contributed by atoms with E-state index in [0.717, 1.165) is 16.8 Å². The van der Waals surface area contributed by atoms with Crippen LogP contribution in [0.25, 0.3) is 0 Å². The fraction of sp³-hybridized carbons (Fsp3) is 0.417. The van der Waals surface area contributed by atoms with E-state index in [1.165, 1.54) is 12.8 Å². The number of phenols is 1. The van der Waals surface area contributed by atoms with Crippen molar-refractivity contribution in [3.63, 3.8) is 0 Å². The minimum absolute atomic E-state index is 0.325. The summed E-state index contributed by atoms with van der Waals surface area (Å²) >= 11 is 0. The van der Waals surface area contributed by atoms with Crippen LogP contribution in [-0.2, 0) is 4.84 Å². The number of hydrogen-bond acceptors (Lipinski definition) is 3. The summed E-state index contributed by atoms with van der Waals surface area (Å²) < 4.78 is 0. The second kappa shape index (κ2) is 3.93. The molecule has 0 radical (unpaired) electrons. The average Bonchev–Trinajstić information content (AvgIpc) is 3.02. The molecule has 1 aromatic rings. The number of rotatable bonds is 3. The molecule has 0 heterocycles. The van der Waals surface area contributed by atoms with Crippen molar-refractivity contribution >= 4 is 5.71 Å². The summed E-state index contributed by atoms with van der Waals surface area (Å²) in [6.45, 7) is 1.89. The predicted molar refractivity (Wildman–Crippen MR) is 59.1 cm³/mol. The van der Waals surface area contributed by atoms with Gasteiger partial charge < -0.3 is 9.94 Å². The zero-order chi connectivity index (χ0) is 10.8. The molecule has 0 saturated heterocycles. The van der Waals surface area contributed by atoms with Crippen LogP contribution in [0.15, 0.2) is 23.4 Å². The van der Waals surface area contributed by atoms with Crippen LogP contribution in [0.4, 0.5) is 0 Å². The van der Waals surface area contributed by atoms with Crippen molar-refractivity contribution in [2.45, 2.75) is 19.8 Å². The van der Waals surface area contributed by atoms with Gasteiger partial charge in [-0.05, 0) is 43.5 Å². The van der Waals surface area contributed by atoms with Crippen LogP contribution in [0.5, 0.6) is 5.75 Å². The zero-order valence-corrected chi connectivity index (χ0v) is 9.03. The van der Waals surface area contributed by atoms with E-state index in [9.17, 15) is 5.11 Å². The molecule has 0 aliphatic heterocycles. The molecule has 1 aliphatic rings. The van der Waals surface area contributed by atoms with Crippen molar-refractivity contribution in [1.82, 2.24) is 0 Å². The maximum absolute atomic E-state index is 9.44. The Morgan fingerprint density at radius 1 is 1.47 bits per heavy atom. The molecule has 0 amide bonds. The maximum Gasteiger partial charge on any atom is 0.118 e. The number of aryl methyl sites for hydroxylation is 1.